The third-order valence-corrected chi connectivity index (χ3v) is 4.91. The number of nitrogens with one attached hydrogen (secondary N) is 3. The lowest BCUT2D eigenvalue weighted by Gasteiger charge is -2.34. The Kier molecular flexibility index (Phi) is 7.76. The number of amides is 1. The van der Waals surface area contributed by atoms with Gasteiger partial charge in [0.1, 0.15) is 5.60 Å². The number of pyridine rings is 1. The van der Waals surface area contributed by atoms with Crippen LogP contribution in [0.25, 0.3) is 0 Å². The van der Waals surface area contributed by atoms with Crippen molar-refractivity contribution in [2.45, 2.75) is 51.4 Å². The van der Waals surface area contributed by atoms with E-state index in [0.717, 1.165) is 25.1 Å². The Hall–Kier alpha value is -1.57. The summed E-state index contributed by atoms with van der Waals surface area (Å²) in [7, 11) is 0. The molecule has 162 valence electrons. The minimum Gasteiger partial charge on any atom is -0.444 e. The average Bonchev–Trinajstić information content (AvgIpc) is 2.58. The van der Waals surface area contributed by atoms with Crippen molar-refractivity contribution >= 4 is 51.8 Å². The van der Waals surface area contributed by atoms with Gasteiger partial charge in [-0.1, -0.05) is 0 Å². The topological polar surface area (TPSA) is 78.5 Å². The Balaban J connectivity index is 1.85. The van der Waals surface area contributed by atoms with Crippen LogP contribution in [0.15, 0.2) is 12.3 Å². The summed E-state index contributed by atoms with van der Waals surface area (Å²) < 4.78 is 43.8. The fourth-order valence-electron chi connectivity index (χ4n) is 2.61. The zero-order valence-corrected chi connectivity index (χ0v) is 19.2. The van der Waals surface area contributed by atoms with E-state index in [4.69, 9.17) is 17.0 Å². The lowest BCUT2D eigenvalue weighted by molar-refractivity contribution is -0.137. The number of aromatic nitrogens is 1. The van der Waals surface area contributed by atoms with Gasteiger partial charge in [-0.05, 0) is 74.5 Å². The lowest BCUT2D eigenvalue weighted by Crippen LogP contribution is -2.53. The second-order valence-electron chi connectivity index (χ2n) is 7.54. The number of hydrazine groups is 1. The van der Waals surface area contributed by atoms with Crippen LogP contribution in [0.4, 0.5) is 23.8 Å². The summed E-state index contributed by atoms with van der Waals surface area (Å²) >= 11 is 6.99. The van der Waals surface area contributed by atoms with Crippen molar-refractivity contribution in [3.63, 3.8) is 0 Å². The zero-order valence-electron chi connectivity index (χ0n) is 16.2. The summed E-state index contributed by atoms with van der Waals surface area (Å²) in [6.45, 7) is 6.48. The summed E-state index contributed by atoms with van der Waals surface area (Å²) in [6.07, 6.45) is -2.45. The number of piperidine rings is 1. The van der Waals surface area contributed by atoms with Gasteiger partial charge in [-0.2, -0.15) is 13.2 Å². The number of nitrogens with zero attached hydrogens (tertiary/aromatic N) is 2. The van der Waals surface area contributed by atoms with E-state index in [9.17, 15) is 18.0 Å². The number of carbonyl (C=O) groups is 1. The van der Waals surface area contributed by atoms with E-state index in [0.29, 0.717) is 16.7 Å². The largest absolute Gasteiger partial charge is 0.444 e. The molecule has 0 saturated carbocycles. The molecule has 1 amide bonds. The number of anilines is 1. The fraction of sp³-hybridized carbons (Fsp3) is 0.588. The molecule has 7 nitrogen and oxygen atoms in total. The van der Waals surface area contributed by atoms with Gasteiger partial charge in [0, 0.05) is 25.3 Å². The maximum Gasteiger partial charge on any atom is 0.417 e. The lowest BCUT2D eigenvalue weighted by atomic mass is 10.1. The molecule has 0 aromatic carbocycles. The molecule has 1 saturated heterocycles. The number of hydrogen-bond donors (Lipinski definition) is 3. The van der Waals surface area contributed by atoms with Crippen molar-refractivity contribution in [2.75, 3.05) is 18.5 Å². The highest BCUT2D eigenvalue weighted by atomic mass is 127. The van der Waals surface area contributed by atoms with Crippen LogP contribution < -0.4 is 16.2 Å². The predicted molar refractivity (Wildman–Crippen MR) is 115 cm³/mol. The van der Waals surface area contributed by atoms with Gasteiger partial charge in [-0.25, -0.2) is 9.78 Å². The summed E-state index contributed by atoms with van der Waals surface area (Å²) in [5, 5.41) is 3.34. The third kappa shape index (κ3) is 7.64. The molecule has 12 heteroatoms. The van der Waals surface area contributed by atoms with E-state index in [1.165, 1.54) is 0 Å². The normalized spacial score (nSPS) is 17.5. The van der Waals surface area contributed by atoms with E-state index in [1.807, 2.05) is 20.8 Å². The van der Waals surface area contributed by atoms with Crippen molar-refractivity contribution < 1.29 is 22.7 Å². The number of thiocarbonyl (C=S) groups is 1. The first-order valence-electron chi connectivity index (χ1n) is 8.88. The summed E-state index contributed by atoms with van der Waals surface area (Å²) in [5.74, 6) is 0.224. The Morgan fingerprint density at radius 2 is 2.07 bits per heavy atom. The molecule has 1 aliphatic rings. The molecular formula is C17H23F3IN5O2S. The minimum absolute atomic E-state index is 0.0716. The van der Waals surface area contributed by atoms with Crippen molar-refractivity contribution in [3.8, 4) is 0 Å². The minimum atomic E-state index is -4.45. The van der Waals surface area contributed by atoms with Crippen LogP contribution in [-0.2, 0) is 10.9 Å². The number of carbonyl (C=O) groups excluding carboxylic acids is 1. The van der Waals surface area contributed by atoms with Crippen molar-refractivity contribution in [1.29, 1.82) is 0 Å². The smallest absolute Gasteiger partial charge is 0.417 e. The first-order valence-corrected chi connectivity index (χ1v) is 10.4. The highest BCUT2D eigenvalue weighted by Crippen LogP contribution is 2.30. The average molecular weight is 545 g/mol. The molecule has 1 fully saturated rings. The second-order valence-corrected chi connectivity index (χ2v) is 9.11. The van der Waals surface area contributed by atoms with E-state index in [1.54, 1.807) is 27.5 Å². The van der Waals surface area contributed by atoms with Gasteiger partial charge in [-0.3, -0.25) is 10.9 Å². The van der Waals surface area contributed by atoms with Gasteiger partial charge >= 0.3 is 12.3 Å². The Labute approximate surface area is 186 Å². The number of alkyl halides is 3. The molecule has 2 heterocycles. The molecule has 1 aliphatic heterocycles. The molecule has 1 aromatic heterocycles. The number of hydrogen-bond acceptors (Lipinski definition) is 5. The first kappa shape index (κ1) is 23.7. The third-order valence-electron chi connectivity index (χ3n) is 3.87. The van der Waals surface area contributed by atoms with E-state index in [-0.39, 0.29) is 23.1 Å². The SMILES string of the molecule is CC(C)(C)OC(=O)N1CCC[C@@H](NC(=S)NNc2ncc(C(F)(F)F)cc2I)C1. The molecule has 2 rings (SSSR count). The molecule has 0 spiro atoms. The van der Waals surface area contributed by atoms with E-state index < -0.39 is 17.3 Å². The monoisotopic (exact) mass is 545 g/mol. The molecule has 0 unspecified atom stereocenters. The zero-order chi connectivity index (χ0) is 21.8. The number of rotatable bonds is 3. The van der Waals surface area contributed by atoms with Crippen LogP contribution in [0.3, 0.4) is 0 Å². The van der Waals surface area contributed by atoms with Crippen LogP contribution in [0, 0.1) is 3.57 Å². The van der Waals surface area contributed by atoms with Crippen LogP contribution in [0.2, 0.25) is 0 Å². The van der Waals surface area contributed by atoms with Gasteiger partial charge in [0.05, 0.1) is 9.13 Å². The Morgan fingerprint density at radius 3 is 2.66 bits per heavy atom. The molecule has 1 aromatic rings. The van der Waals surface area contributed by atoms with Crippen molar-refractivity contribution in [3.05, 3.63) is 21.4 Å². The molecule has 0 bridgehead atoms. The molecule has 29 heavy (non-hydrogen) atoms. The van der Waals surface area contributed by atoms with Gasteiger partial charge in [0.25, 0.3) is 0 Å². The second kappa shape index (κ2) is 9.49. The van der Waals surface area contributed by atoms with Crippen molar-refractivity contribution in [1.82, 2.24) is 20.6 Å². The van der Waals surface area contributed by atoms with Gasteiger partial charge in [-0.15, -0.1) is 0 Å². The van der Waals surface area contributed by atoms with Gasteiger partial charge < -0.3 is 15.0 Å². The first-order chi connectivity index (χ1) is 13.3. The summed E-state index contributed by atoms with van der Waals surface area (Å²) in [4.78, 5) is 17.6. The maximum absolute atomic E-state index is 12.7. The summed E-state index contributed by atoms with van der Waals surface area (Å²) in [5.41, 5.74) is 4.03. The quantitative estimate of drug-likeness (QED) is 0.302. The highest BCUT2D eigenvalue weighted by Gasteiger charge is 2.31. The molecule has 1 atom stereocenters. The Morgan fingerprint density at radius 1 is 1.38 bits per heavy atom. The number of likely N-dealkylation sites (tertiary alicyclic amines) is 1. The molecule has 0 radical (unpaired) electrons. The van der Waals surface area contributed by atoms with Crippen LogP contribution in [0.5, 0.6) is 0 Å². The molecule has 3 N–H and O–H groups in total. The molecular weight excluding hydrogens is 522 g/mol. The highest BCUT2D eigenvalue weighted by molar-refractivity contribution is 14.1. The van der Waals surface area contributed by atoms with Gasteiger partial charge in [0.15, 0.2) is 10.9 Å². The van der Waals surface area contributed by atoms with Crippen LogP contribution >= 0.6 is 34.8 Å². The summed E-state index contributed by atoms with van der Waals surface area (Å²) in [6, 6.07) is 0.922. The fourth-order valence-corrected chi connectivity index (χ4v) is 3.44. The van der Waals surface area contributed by atoms with Gasteiger partial charge in [0.2, 0.25) is 0 Å². The van der Waals surface area contributed by atoms with Crippen LogP contribution in [-0.4, -0.2) is 45.8 Å². The van der Waals surface area contributed by atoms with Crippen LogP contribution in [0.1, 0.15) is 39.2 Å². The predicted octanol–water partition coefficient (Wildman–Crippen LogP) is 3.90. The number of ether oxygens (including phenoxy) is 1. The molecule has 0 aliphatic carbocycles. The number of halogens is 4. The maximum atomic E-state index is 12.7. The van der Waals surface area contributed by atoms with E-state index >= 15 is 0 Å². The Bertz CT molecular complexity index is 758. The standard InChI is InChI=1S/C17H23F3IN5O2S/c1-16(2,3)28-15(27)26-6-4-5-11(9-26)23-14(29)25-24-13-12(21)7-10(8-22-13)17(18,19)20/h7-8,11H,4-6,9H2,1-3H3,(H,22,24)(H2,23,25,29)/t11-/m1/s1. The van der Waals surface area contributed by atoms with E-state index in [2.05, 4.69) is 21.2 Å². The van der Waals surface area contributed by atoms with Crippen molar-refractivity contribution in [2.24, 2.45) is 0 Å².